The van der Waals surface area contributed by atoms with Crippen molar-refractivity contribution < 1.29 is 0 Å². The first-order valence-electron chi connectivity index (χ1n) is 24.3. The van der Waals surface area contributed by atoms with Crippen molar-refractivity contribution in [2.45, 2.75) is 150 Å². The lowest BCUT2D eigenvalue weighted by atomic mass is 9.77. The van der Waals surface area contributed by atoms with Gasteiger partial charge < -0.3 is 4.90 Å². The summed E-state index contributed by atoms with van der Waals surface area (Å²) in [6, 6.07) is 56.3. The molecule has 0 N–H and O–H groups in total. The molecule has 1 heteroatoms. The summed E-state index contributed by atoms with van der Waals surface area (Å²) in [4.78, 5) is 2.45. The molecule has 7 aromatic carbocycles. The molecule has 0 saturated carbocycles. The minimum atomic E-state index is -0.0977. The first-order chi connectivity index (χ1) is 30.6. The number of hydrogen-bond acceptors (Lipinski definition) is 1. The summed E-state index contributed by atoms with van der Waals surface area (Å²) in [5.74, 6) is 0. The number of benzene rings is 7. The molecule has 0 bridgehead atoms. The van der Waals surface area contributed by atoms with Crippen molar-refractivity contribution in [1.29, 1.82) is 0 Å². The Hall–Kier alpha value is -5.66. The van der Waals surface area contributed by atoms with Crippen LogP contribution in [-0.2, 0) is 32.5 Å². The van der Waals surface area contributed by atoms with Crippen LogP contribution in [0.15, 0.2) is 146 Å². The Balaban J connectivity index is 1.26. The minimum absolute atomic E-state index is 0.0158. The van der Waals surface area contributed by atoms with E-state index in [1.54, 1.807) is 0 Å². The van der Waals surface area contributed by atoms with Crippen molar-refractivity contribution in [2.75, 3.05) is 4.90 Å². The predicted molar refractivity (Wildman–Crippen MR) is 288 cm³/mol. The van der Waals surface area contributed by atoms with E-state index in [-0.39, 0.29) is 32.5 Å². The largest absolute Gasteiger partial charge is 0.310 e. The highest BCUT2D eigenvalue weighted by molar-refractivity contribution is 5.87. The maximum atomic E-state index is 2.45. The van der Waals surface area contributed by atoms with Crippen LogP contribution in [0, 0.1) is 0 Å². The fraction of sp³-hybridized carbons (Fsp3) is 0.354. The zero-order valence-corrected chi connectivity index (χ0v) is 43.3. The van der Waals surface area contributed by atoms with Crippen LogP contribution in [0.2, 0.25) is 0 Å². The standard InChI is InChI=1S/C65H75N/c1-60(2,3)48-21-20-22-54(40-48)66(55-29-30-57-56-23-18-19-24-58(56)65(16,17)59(57)41-55)53-27-25-42(26-28-53)43-31-44(34-49(33-43)61(4,5)6)45-32-46(36-50(35-45)62(7,8)9)47-37-51(63(10,11)12)39-52(38-47)64(13,14)15/h18-41H,1-17H3. The molecule has 340 valence electrons. The van der Waals surface area contributed by atoms with Crippen molar-refractivity contribution in [2.24, 2.45) is 0 Å². The maximum absolute atomic E-state index is 2.45. The van der Waals surface area contributed by atoms with E-state index in [0.717, 1.165) is 11.4 Å². The van der Waals surface area contributed by atoms with Gasteiger partial charge in [-0.05, 0) is 159 Å². The van der Waals surface area contributed by atoms with Crippen LogP contribution in [0.3, 0.4) is 0 Å². The maximum Gasteiger partial charge on any atom is 0.0465 e. The highest BCUT2D eigenvalue weighted by atomic mass is 15.1. The fourth-order valence-electron chi connectivity index (χ4n) is 9.64. The van der Waals surface area contributed by atoms with E-state index >= 15 is 0 Å². The predicted octanol–water partition coefficient (Wildman–Crippen LogP) is 19.0. The Morgan fingerprint density at radius 2 is 0.682 bits per heavy atom. The third-order valence-corrected chi connectivity index (χ3v) is 14.2. The third-order valence-electron chi connectivity index (χ3n) is 14.2. The summed E-state index contributed by atoms with van der Waals surface area (Å²) < 4.78 is 0. The quantitative estimate of drug-likeness (QED) is 0.161. The second kappa shape index (κ2) is 16.3. The van der Waals surface area contributed by atoms with Crippen molar-refractivity contribution >= 4 is 17.1 Å². The molecular weight excluding hydrogens is 795 g/mol. The van der Waals surface area contributed by atoms with E-state index in [0.29, 0.717) is 0 Å². The zero-order valence-electron chi connectivity index (χ0n) is 43.3. The Kier molecular flexibility index (Phi) is 11.6. The Morgan fingerprint density at radius 3 is 1.17 bits per heavy atom. The van der Waals surface area contributed by atoms with Crippen LogP contribution in [-0.4, -0.2) is 0 Å². The topological polar surface area (TPSA) is 3.24 Å². The molecule has 0 amide bonds. The molecule has 0 saturated heterocycles. The molecule has 66 heavy (non-hydrogen) atoms. The molecule has 0 spiro atoms. The lowest BCUT2D eigenvalue weighted by molar-refractivity contribution is 0.569. The average molecular weight is 870 g/mol. The van der Waals surface area contributed by atoms with Crippen molar-refractivity contribution in [1.82, 2.24) is 0 Å². The van der Waals surface area contributed by atoms with E-state index in [2.05, 4.69) is 268 Å². The molecule has 0 fully saturated rings. The number of nitrogens with zero attached hydrogens (tertiary/aromatic N) is 1. The fourth-order valence-corrected chi connectivity index (χ4v) is 9.64. The summed E-state index contributed by atoms with van der Waals surface area (Å²) in [6.07, 6.45) is 0. The van der Waals surface area contributed by atoms with Crippen LogP contribution in [0.4, 0.5) is 17.1 Å². The summed E-state index contributed by atoms with van der Waals surface area (Å²) in [5, 5.41) is 0. The molecule has 0 atom stereocenters. The van der Waals surface area contributed by atoms with Crippen molar-refractivity contribution in [3.63, 3.8) is 0 Å². The average Bonchev–Trinajstić information content (AvgIpc) is 3.47. The zero-order chi connectivity index (χ0) is 47.9. The van der Waals surface area contributed by atoms with E-state index < -0.39 is 0 Å². The number of rotatable bonds is 6. The molecule has 1 nitrogen and oxygen atoms in total. The van der Waals surface area contributed by atoms with Gasteiger partial charge in [0, 0.05) is 22.5 Å². The number of fused-ring (bicyclic) bond motifs is 3. The Bertz CT molecular complexity index is 2900. The number of anilines is 3. The molecule has 0 unspecified atom stereocenters. The molecular formula is C65H75N. The molecule has 0 aliphatic heterocycles. The summed E-state index contributed by atoms with van der Waals surface area (Å²) in [5.41, 5.74) is 23.1. The van der Waals surface area contributed by atoms with Crippen LogP contribution in [0.1, 0.15) is 157 Å². The summed E-state index contributed by atoms with van der Waals surface area (Å²) in [6.45, 7) is 39.6. The molecule has 7 aromatic rings. The normalized spacial score (nSPS) is 14.0. The second-order valence-electron chi connectivity index (χ2n) is 25.0. The van der Waals surface area contributed by atoms with Gasteiger partial charge in [0.1, 0.15) is 0 Å². The van der Waals surface area contributed by atoms with E-state index in [1.807, 2.05) is 0 Å². The molecule has 0 aromatic heterocycles. The Labute approximate surface area is 399 Å². The molecule has 0 heterocycles. The van der Waals surface area contributed by atoms with E-state index in [1.165, 1.54) is 89.1 Å². The lowest BCUT2D eigenvalue weighted by Crippen LogP contribution is -2.17. The van der Waals surface area contributed by atoms with Crippen LogP contribution in [0.25, 0.3) is 44.5 Å². The van der Waals surface area contributed by atoms with Gasteiger partial charge in [-0.1, -0.05) is 215 Å². The van der Waals surface area contributed by atoms with Crippen LogP contribution < -0.4 is 4.90 Å². The highest BCUT2D eigenvalue weighted by Gasteiger charge is 2.36. The van der Waals surface area contributed by atoms with Gasteiger partial charge in [-0.2, -0.15) is 0 Å². The third kappa shape index (κ3) is 9.21. The summed E-state index contributed by atoms with van der Waals surface area (Å²) >= 11 is 0. The van der Waals surface area contributed by atoms with Crippen molar-refractivity contribution in [3.05, 3.63) is 185 Å². The van der Waals surface area contributed by atoms with Gasteiger partial charge in [-0.25, -0.2) is 0 Å². The molecule has 1 aliphatic carbocycles. The minimum Gasteiger partial charge on any atom is -0.310 e. The van der Waals surface area contributed by atoms with Gasteiger partial charge in [0.15, 0.2) is 0 Å². The molecule has 1 aliphatic rings. The second-order valence-corrected chi connectivity index (χ2v) is 25.0. The molecule has 0 radical (unpaired) electrons. The van der Waals surface area contributed by atoms with Crippen LogP contribution >= 0.6 is 0 Å². The van der Waals surface area contributed by atoms with Gasteiger partial charge in [0.25, 0.3) is 0 Å². The van der Waals surface area contributed by atoms with Gasteiger partial charge >= 0.3 is 0 Å². The highest BCUT2D eigenvalue weighted by Crippen LogP contribution is 2.51. The van der Waals surface area contributed by atoms with Gasteiger partial charge in [0.05, 0.1) is 0 Å². The Morgan fingerprint density at radius 1 is 0.288 bits per heavy atom. The smallest absolute Gasteiger partial charge is 0.0465 e. The van der Waals surface area contributed by atoms with E-state index in [4.69, 9.17) is 0 Å². The lowest BCUT2D eigenvalue weighted by Gasteiger charge is -2.30. The first-order valence-corrected chi connectivity index (χ1v) is 24.3. The molecule has 8 rings (SSSR count). The number of hydrogen-bond donors (Lipinski definition) is 0. The van der Waals surface area contributed by atoms with E-state index in [9.17, 15) is 0 Å². The van der Waals surface area contributed by atoms with Gasteiger partial charge in [-0.15, -0.1) is 0 Å². The van der Waals surface area contributed by atoms with Crippen LogP contribution in [0.5, 0.6) is 0 Å². The SMILES string of the molecule is CC(C)(C)c1cc(-c2ccc(N(c3cccc(C(C)(C)C)c3)c3ccc4c(c3)C(C)(C)c3ccccc3-4)cc2)cc(-c2cc(-c3cc(C(C)(C)C)cc(C(C)(C)C)c3)cc(C(C)(C)C)c2)c1. The van der Waals surface area contributed by atoms with Gasteiger partial charge in [0.2, 0.25) is 0 Å². The first kappa shape index (κ1) is 46.9. The van der Waals surface area contributed by atoms with Gasteiger partial charge in [-0.3, -0.25) is 0 Å². The monoisotopic (exact) mass is 870 g/mol. The summed E-state index contributed by atoms with van der Waals surface area (Å²) in [7, 11) is 0. The van der Waals surface area contributed by atoms with Crippen molar-refractivity contribution in [3.8, 4) is 44.5 Å².